The highest BCUT2D eigenvalue weighted by atomic mass is 16.2. The number of anilines is 2. The normalized spacial score (nSPS) is 25.6. The molecule has 4 atom stereocenters. The highest BCUT2D eigenvalue weighted by Crippen LogP contribution is 2.48. The first-order chi connectivity index (χ1) is 20.9. The number of fused-ring (bicyclic) bond motifs is 2. The smallest absolute Gasteiger partial charge is 0.255 e. The van der Waals surface area contributed by atoms with Gasteiger partial charge in [0.2, 0.25) is 0 Å². The van der Waals surface area contributed by atoms with Gasteiger partial charge in [-0.25, -0.2) is 0 Å². The second-order valence-electron chi connectivity index (χ2n) is 13.5. The average molecular weight is 578 g/mol. The third-order valence-corrected chi connectivity index (χ3v) is 10.4. The number of hydrogen-bond donors (Lipinski definition) is 0. The molecule has 6 heteroatoms. The summed E-state index contributed by atoms with van der Waals surface area (Å²) >= 11 is 0. The lowest BCUT2D eigenvalue weighted by Crippen LogP contribution is -2.44. The van der Waals surface area contributed by atoms with Crippen LogP contribution in [-0.2, 0) is 0 Å². The van der Waals surface area contributed by atoms with E-state index in [0.29, 0.717) is 12.1 Å². The molecule has 2 unspecified atom stereocenters. The van der Waals surface area contributed by atoms with Crippen LogP contribution in [0.15, 0.2) is 78.9 Å². The van der Waals surface area contributed by atoms with Gasteiger partial charge >= 0.3 is 0 Å². The topological polar surface area (TPSA) is 33.3 Å². The van der Waals surface area contributed by atoms with E-state index in [-0.39, 0.29) is 30.1 Å². The van der Waals surface area contributed by atoms with E-state index in [0.717, 1.165) is 32.0 Å². The molecule has 43 heavy (non-hydrogen) atoms. The van der Waals surface area contributed by atoms with Crippen LogP contribution in [0.3, 0.4) is 0 Å². The van der Waals surface area contributed by atoms with E-state index < -0.39 is 0 Å². The van der Waals surface area contributed by atoms with Crippen LogP contribution in [0.2, 0.25) is 0 Å². The van der Waals surface area contributed by atoms with Gasteiger partial charge in [0.05, 0.1) is 31.0 Å². The minimum absolute atomic E-state index is 0.113. The van der Waals surface area contributed by atoms with E-state index in [9.17, 15) is 0 Å². The Morgan fingerprint density at radius 1 is 0.651 bits per heavy atom. The first kappa shape index (κ1) is 28.4. The van der Waals surface area contributed by atoms with Gasteiger partial charge < -0.3 is 14.7 Å². The summed E-state index contributed by atoms with van der Waals surface area (Å²) in [5.74, 6) is 0.185. The van der Waals surface area contributed by atoms with Crippen molar-refractivity contribution in [2.45, 2.75) is 89.6 Å². The Kier molecular flexibility index (Phi) is 7.68. The Bertz CT molecular complexity index is 1330. The van der Waals surface area contributed by atoms with Crippen molar-refractivity contribution < 1.29 is 4.79 Å². The molecule has 4 aliphatic rings. The van der Waals surface area contributed by atoms with Crippen molar-refractivity contribution >= 4 is 17.3 Å². The first-order valence-electron chi connectivity index (χ1n) is 16.5. The molecule has 0 aromatic heterocycles. The second-order valence-corrected chi connectivity index (χ2v) is 13.5. The summed E-state index contributed by atoms with van der Waals surface area (Å²) in [6.45, 7) is 12.7. The summed E-state index contributed by atoms with van der Waals surface area (Å²) in [6.07, 6.45) is 4.77. The largest absolute Gasteiger partial charge is 0.350 e. The van der Waals surface area contributed by atoms with Crippen molar-refractivity contribution in [3.8, 4) is 0 Å². The van der Waals surface area contributed by atoms with Crippen LogP contribution >= 0.6 is 0 Å². The summed E-state index contributed by atoms with van der Waals surface area (Å²) < 4.78 is 0. The van der Waals surface area contributed by atoms with Gasteiger partial charge in [0, 0.05) is 48.6 Å². The molecule has 0 bridgehead atoms. The molecular formula is C37H47N5O. The molecule has 1 amide bonds. The molecule has 6 nitrogen and oxygen atoms in total. The van der Waals surface area contributed by atoms with Crippen LogP contribution in [0.4, 0.5) is 11.4 Å². The zero-order valence-electron chi connectivity index (χ0n) is 26.3. The van der Waals surface area contributed by atoms with Gasteiger partial charge in [0.25, 0.3) is 5.91 Å². The van der Waals surface area contributed by atoms with Gasteiger partial charge in [-0.1, -0.05) is 54.6 Å². The second kappa shape index (κ2) is 11.6. The quantitative estimate of drug-likeness (QED) is 0.305. The molecule has 7 rings (SSSR count). The van der Waals surface area contributed by atoms with Crippen molar-refractivity contribution in [3.05, 3.63) is 95.6 Å². The molecule has 0 N–H and O–H groups in total. The zero-order chi connectivity index (χ0) is 29.7. The molecule has 3 aromatic rings. The number of rotatable bonds is 7. The molecule has 0 radical (unpaired) electrons. The highest BCUT2D eigenvalue weighted by Gasteiger charge is 2.48. The van der Waals surface area contributed by atoms with Crippen molar-refractivity contribution in [1.82, 2.24) is 14.7 Å². The van der Waals surface area contributed by atoms with E-state index in [1.165, 1.54) is 48.2 Å². The van der Waals surface area contributed by atoms with Gasteiger partial charge in [0.15, 0.2) is 0 Å². The lowest BCUT2D eigenvalue weighted by Gasteiger charge is -2.37. The van der Waals surface area contributed by atoms with Gasteiger partial charge in [-0.05, 0) is 88.8 Å². The molecular weight excluding hydrogens is 530 g/mol. The number of benzene rings is 3. The Labute approximate surface area is 257 Å². The maximum Gasteiger partial charge on any atom is 0.255 e. The Morgan fingerprint density at radius 2 is 1.09 bits per heavy atom. The van der Waals surface area contributed by atoms with Gasteiger partial charge in [-0.15, -0.1) is 0 Å². The fourth-order valence-electron chi connectivity index (χ4n) is 8.75. The van der Waals surface area contributed by atoms with E-state index >= 15 is 4.79 Å². The lowest BCUT2D eigenvalue weighted by molar-refractivity contribution is 0.0640. The molecule has 4 fully saturated rings. The fraction of sp³-hybridized carbons (Fsp3) is 0.486. The van der Waals surface area contributed by atoms with Gasteiger partial charge in [0.1, 0.15) is 0 Å². The third-order valence-electron chi connectivity index (χ3n) is 10.4. The zero-order valence-corrected chi connectivity index (χ0v) is 26.3. The van der Waals surface area contributed by atoms with Crippen molar-refractivity contribution in [1.29, 1.82) is 0 Å². The standard InChI is InChI=1S/C37H47N5O/c1-26(2)42(27(3)4)37(43)34-30(35-32-20-12-22-38(32)24-40(35)28-14-7-5-8-15-28)18-11-19-31(34)36-33-21-13-23-39(33)25-41(36)29-16-9-6-10-17-29/h5-11,14-19,26-27,32-33,35-36H,12-13,20-25H2,1-4H3/t32-,33-,35?,36?/m0/s1. The van der Waals surface area contributed by atoms with E-state index in [1.54, 1.807) is 0 Å². The van der Waals surface area contributed by atoms with Crippen LogP contribution in [0, 0.1) is 0 Å². The van der Waals surface area contributed by atoms with Crippen LogP contribution in [0.5, 0.6) is 0 Å². The number of nitrogens with zero attached hydrogens (tertiary/aromatic N) is 5. The van der Waals surface area contributed by atoms with Crippen LogP contribution in [0.25, 0.3) is 0 Å². The molecule has 4 heterocycles. The summed E-state index contributed by atoms with van der Waals surface area (Å²) in [5, 5.41) is 0. The maximum absolute atomic E-state index is 15.1. The summed E-state index contributed by atoms with van der Waals surface area (Å²) in [7, 11) is 0. The number of carbonyl (C=O) groups is 1. The molecule has 226 valence electrons. The van der Waals surface area contributed by atoms with E-state index in [2.05, 4.69) is 131 Å². The summed E-state index contributed by atoms with van der Waals surface area (Å²) in [5.41, 5.74) is 5.84. The monoisotopic (exact) mass is 577 g/mol. The predicted octanol–water partition coefficient (Wildman–Crippen LogP) is 6.91. The minimum atomic E-state index is 0.113. The number of hydrogen-bond acceptors (Lipinski definition) is 5. The number of amides is 1. The molecule has 0 spiro atoms. The van der Waals surface area contributed by atoms with Gasteiger partial charge in [-0.2, -0.15) is 0 Å². The molecule has 4 saturated heterocycles. The van der Waals surface area contributed by atoms with Crippen LogP contribution < -0.4 is 9.80 Å². The van der Waals surface area contributed by atoms with Crippen molar-refractivity contribution in [3.63, 3.8) is 0 Å². The van der Waals surface area contributed by atoms with E-state index in [1.807, 2.05) is 0 Å². The van der Waals surface area contributed by atoms with E-state index in [4.69, 9.17) is 0 Å². The first-order valence-corrected chi connectivity index (χ1v) is 16.5. The highest BCUT2D eigenvalue weighted by molar-refractivity contribution is 5.98. The Hall–Kier alpha value is -3.35. The van der Waals surface area contributed by atoms with Crippen LogP contribution in [0.1, 0.15) is 86.9 Å². The predicted molar refractivity (Wildman–Crippen MR) is 175 cm³/mol. The molecule has 0 aliphatic carbocycles. The summed E-state index contributed by atoms with van der Waals surface area (Å²) in [4.78, 5) is 27.7. The van der Waals surface area contributed by atoms with Crippen molar-refractivity contribution in [2.75, 3.05) is 36.2 Å². The van der Waals surface area contributed by atoms with Gasteiger partial charge in [-0.3, -0.25) is 14.6 Å². The fourth-order valence-corrected chi connectivity index (χ4v) is 8.75. The average Bonchev–Trinajstić information content (AvgIpc) is 3.78. The third kappa shape index (κ3) is 4.93. The minimum Gasteiger partial charge on any atom is -0.350 e. The molecule has 4 aliphatic heterocycles. The SMILES string of the molecule is CC(C)N(C(=O)c1c(C2[C@@H]3CCCN3CN2c2ccccc2)cccc1C1[C@@H]2CCCN2CN1c1ccccc1)C(C)C. The molecule has 0 saturated carbocycles. The number of para-hydroxylation sites is 2. The van der Waals surface area contributed by atoms with Crippen LogP contribution in [-0.4, -0.2) is 71.2 Å². The van der Waals surface area contributed by atoms with Crippen molar-refractivity contribution in [2.24, 2.45) is 0 Å². The maximum atomic E-state index is 15.1. The summed E-state index contributed by atoms with van der Waals surface area (Å²) in [6, 6.07) is 29.8. The Balaban J connectivity index is 1.43. The Morgan fingerprint density at radius 3 is 1.51 bits per heavy atom. The lowest BCUT2D eigenvalue weighted by atomic mass is 9.85. The molecule has 3 aromatic carbocycles. The number of carbonyl (C=O) groups excluding carboxylic acids is 1.